The first kappa shape index (κ1) is 12.3. The van der Waals surface area contributed by atoms with E-state index in [1.165, 1.54) is 0 Å². The Labute approximate surface area is 101 Å². The van der Waals surface area contributed by atoms with E-state index < -0.39 is 11.6 Å². The third-order valence-corrected chi connectivity index (χ3v) is 3.32. The number of hydrogen-bond donors (Lipinski definition) is 0. The van der Waals surface area contributed by atoms with Crippen molar-refractivity contribution in [2.24, 2.45) is 0 Å². The Hall–Kier alpha value is -1.15. The number of carbonyl (C=O) groups excluding carboxylic acids is 1. The molecule has 0 amide bonds. The minimum Gasteiger partial charge on any atom is -0.461 e. The molecule has 0 unspecified atom stereocenters. The van der Waals surface area contributed by atoms with E-state index in [1.807, 2.05) is 0 Å². The van der Waals surface area contributed by atoms with Gasteiger partial charge in [0.15, 0.2) is 10.7 Å². The predicted molar refractivity (Wildman–Crippen MR) is 55.6 cm³/mol. The van der Waals surface area contributed by atoms with Gasteiger partial charge in [-0.25, -0.2) is 13.8 Å². The van der Waals surface area contributed by atoms with Gasteiger partial charge in [0.2, 0.25) is 5.69 Å². The van der Waals surface area contributed by atoms with Gasteiger partial charge < -0.3 is 9.47 Å². The molecule has 0 aliphatic carbocycles. The van der Waals surface area contributed by atoms with E-state index in [0.717, 1.165) is 11.8 Å². The van der Waals surface area contributed by atoms with Crippen LogP contribution in [0.3, 0.4) is 0 Å². The van der Waals surface area contributed by atoms with Crippen molar-refractivity contribution in [1.29, 1.82) is 0 Å². The Bertz CT molecular complexity index is 407. The largest absolute Gasteiger partial charge is 0.461 e. The number of halogens is 1. The molecule has 6 nitrogen and oxygen atoms in total. The minimum atomic E-state index is -1.35. The first-order chi connectivity index (χ1) is 8.14. The van der Waals surface area contributed by atoms with Crippen LogP contribution in [0.25, 0.3) is 0 Å². The summed E-state index contributed by atoms with van der Waals surface area (Å²) in [7, 11) is 0. The first-order valence-corrected chi connectivity index (χ1v) is 6.02. The molecule has 1 aliphatic heterocycles. The van der Waals surface area contributed by atoms with Crippen molar-refractivity contribution in [3.8, 4) is 0 Å². The normalized spacial score (nSPS) is 17.5. The van der Waals surface area contributed by atoms with Crippen LogP contribution in [-0.4, -0.2) is 47.5 Å². The van der Waals surface area contributed by atoms with E-state index >= 15 is 0 Å². The Morgan fingerprint density at radius 2 is 2.35 bits per heavy atom. The number of alkyl halides is 1. The van der Waals surface area contributed by atoms with Gasteiger partial charge in [-0.05, 0) is 17.2 Å². The van der Waals surface area contributed by atoms with Crippen LogP contribution < -0.4 is 0 Å². The zero-order valence-corrected chi connectivity index (χ0v) is 9.96. The fraction of sp³-hybridized carbons (Fsp3) is 0.667. The number of aromatic nitrogens is 2. The van der Waals surface area contributed by atoms with Gasteiger partial charge in [-0.2, -0.15) is 0 Å². The molecule has 1 fully saturated rings. The van der Waals surface area contributed by atoms with Gasteiger partial charge in [0.25, 0.3) is 0 Å². The third-order valence-electron chi connectivity index (χ3n) is 2.12. The molecule has 1 saturated heterocycles. The van der Waals surface area contributed by atoms with Gasteiger partial charge in [-0.3, -0.25) is 0 Å². The second kappa shape index (κ2) is 5.01. The Morgan fingerprint density at radius 1 is 1.59 bits per heavy atom. The molecule has 0 aromatic carbocycles. The van der Waals surface area contributed by atoms with Crippen LogP contribution >= 0.6 is 11.8 Å². The lowest BCUT2D eigenvalue weighted by atomic mass is 10.1. The van der Waals surface area contributed by atoms with Crippen molar-refractivity contribution >= 4 is 17.7 Å². The summed E-state index contributed by atoms with van der Waals surface area (Å²) in [6, 6.07) is 0. The summed E-state index contributed by atoms with van der Waals surface area (Å²) >= 11 is 1.07. The highest BCUT2D eigenvalue weighted by molar-refractivity contribution is 7.99. The van der Waals surface area contributed by atoms with E-state index in [2.05, 4.69) is 14.9 Å². The van der Waals surface area contributed by atoms with E-state index in [4.69, 9.17) is 9.47 Å². The van der Waals surface area contributed by atoms with Crippen molar-refractivity contribution < 1.29 is 23.3 Å². The molecule has 0 atom stereocenters. The maximum absolute atomic E-state index is 13.6. The molecule has 17 heavy (non-hydrogen) atoms. The zero-order valence-electron chi connectivity index (χ0n) is 9.14. The lowest BCUT2D eigenvalue weighted by Gasteiger charge is -2.32. The summed E-state index contributed by atoms with van der Waals surface area (Å²) in [6.45, 7) is 2.05. The molecular weight excluding hydrogens is 251 g/mol. The molecule has 0 spiro atoms. The predicted octanol–water partition coefficient (Wildman–Crippen LogP) is 1.08. The Balaban J connectivity index is 1.96. The van der Waals surface area contributed by atoms with Crippen LogP contribution in [0.15, 0.2) is 9.65 Å². The third kappa shape index (κ3) is 2.75. The number of ether oxygens (including phenoxy) is 2. The minimum absolute atomic E-state index is 0.0132. The molecule has 1 aliphatic rings. The molecule has 0 N–H and O–H groups in total. The second-order valence-corrected chi connectivity index (χ2v) is 4.53. The van der Waals surface area contributed by atoms with Crippen molar-refractivity contribution in [2.75, 3.05) is 25.6 Å². The Kier molecular flexibility index (Phi) is 3.63. The average molecular weight is 262 g/mol. The summed E-state index contributed by atoms with van der Waals surface area (Å²) in [5, 5.41) is 7.24. The van der Waals surface area contributed by atoms with E-state index in [1.54, 1.807) is 6.92 Å². The van der Waals surface area contributed by atoms with E-state index in [-0.39, 0.29) is 36.3 Å². The lowest BCUT2D eigenvalue weighted by molar-refractivity contribution is -0.114. The standard InChI is InChI=1S/C9H11FN2O4S/c1-2-15-8(13)6-7(12-16-11-6)17-5-9(10)3-14-4-9/h2-5H2,1H3. The summed E-state index contributed by atoms with van der Waals surface area (Å²) in [5.41, 5.74) is -1.36. The van der Waals surface area contributed by atoms with Gasteiger partial charge >= 0.3 is 5.97 Å². The molecule has 1 aromatic heterocycles. The topological polar surface area (TPSA) is 74.5 Å². The highest BCUT2D eigenvalue weighted by Gasteiger charge is 2.39. The quantitative estimate of drug-likeness (QED) is 0.580. The van der Waals surface area contributed by atoms with Crippen molar-refractivity contribution in [2.45, 2.75) is 17.6 Å². The van der Waals surface area contributed by atoms with Crippen LogP contribution in [0.1, 0.15) is 17.4 Å². The van der Waals surface area contributed by atoms with Gasteiger partial charge in [-0.1, -0.05) is 11.8 Å². The number of esters is 1. The van der Waals surface area contributed by atoms with E-state index in [0.29, 0.717) is 0 Å². The molecule has 1 aromatic rings. The molecule has 0 bridgehead atoms. The van der Waals surface area contributed by atoms with Crippen molar-refractivity contribution in [3.05, 3.63) is 5.69 Å². The second-order valence-electron chi connectivity index (χ2n) is 3.57. The van der Waals surface area contributed by atoms with Gasteiger partial charge in [0, 0.05) is 5.75 Å². The number of carbonyl (C=O) groups is 1. The monoisotopic (exact) mass is 262 g/mol. The number of thioether (sulfide) groups is 1. The molecule has 2 rings (SSSR count). The highest BCUT2D eigenvalue weighted by atomic mass is 32.2. The van der Waals surface area contributed by atoms with Crippen LogP contribution in [0.2, 0.25) is 0 Å². The van der Waals surface area contributed by atoms with Crippen molar-refractivity contribution in [3.63, 3.8) is 0 Å². The molecule has 0 radical (unpaired) electrons. The number of rotatable bonds is 5. The molecule has 2 heterocycles. The maximum Gasteiger partial charge on any atom is 0.363 e. The summed E-state index contributed by atoms with van der Waals surface area (Å²) in [6.07, 6.45) is 0. The highest BCUT2D eigenvalue weighted by Crippen LogP contribution is 2.30. The SMILES string of the molecule is CCOC(=O)c1nonc1SCC1(F)COC1. The molecule has 94 valence electrons. The zero-order chi connectivity index (χ0) is 12.3. The lowest BCUT2D eigenvalue weighted by Crippen LogP contribution is -2.47. The average Bonchev–Trinajstić information content (AvgIpc) is 2.72. The summed E-state index contributed by atoms with van der Waals surface area (Å²) < 4.78 is 27.6. The van der Waals surface area contributed by atoms with Crippen LogP contribution in [0, 0.1) is 0 Å². The number of nitrogens with zero attached hydrogens (tertiary/aromatic N) is 2. The van der Waals surface area contributed by atoms with Crippen LogP contribution in [0.5, 0.6) is 0 Å². The van der Waals surface area contributed by atoms with Crippen LogP contribution in [-0.2, 0) is 9.47 Å². The summed E-state index contributed by atoms with van der Waals surface area (Å²) in [4.78, 5) is 11.4. The Morgan fingerprint density at radius 3 is 2.94 bits per heavy atom. The van der Waals surface area contributed by atoms with Crippen LogP contribution in [0.4, 0.5) is 4.39 Å². The van der Waals surface area contributed by atoms with Crippen molar-refractivity contribution in [1.82, 2.24) is 10.3 Å². The molecule has 8 heteroatoms. The van der Waals surface area contributed by atoms with Gasteiger partial charge in [0.1, 0.15) is 0 Å². The van der Waals surface area contributed by atoms with Gasteiger partial charge in [-0.15, -0.1) is 0 Å². The smallest absolute Gasteiger partial charge is 0.363 e. The summed E-state index contributed by atoms with van der Waals surface area (Å²) in [5.74, 6) is -0.470. The number of hydrogen-bond acceptors (Lipinski definition) is 7. The maximum atomic E-state index is 13.6. The fourth-order valence-corrected chi connectivity index (χ4v) is 2.11. The first-order valence-electron chi connectivity index (χ1n) is 5.04. The molecule has 0 saturated carbocycles. The molecular formula is C9H11FN2O4S. The fourth-order valence-electron chi connectivity index (χ4n) is 1.20. The van der Waals surface area contributed by atoms with Gasteiger partial charge in [0.05, 0.1) is 19.8 Å². The van der Waals surface area contributed by atoms with E-state index in [9.17, 15) is 9.18 Å².